The second kappa shape index (κ2) is 12.2. The Labute approximate surface area is 202 Å². The van der Waals surface area contributed by atoms with E-state index in [1.165, 1.54) is 12.8 Å². The van der Waals surface area contributed by atoms with E-state index in [0.717, 1.165) is 32.5 Å². The van der Waals surface area contributed by atoms with Crippen molar-refractivity contribution in [1.29, 1.82) is 0 Å². The van der Waals surface area contributed by atoms with Crippen LogP contribution in [0.1, 0.15) is 49.9 Å². The topological polar surface area (TPSA) is 55.9 Å². The lowest BCUT2D eigenvalue weighted by Gasteiger charge is -2.41. The van der Waals surface area contributed by atoms with Gasteiger partial charge in [-0.25, -0.2) is 0 Å². The van der Waals surface area contributed by atoms with Gasteiger partial charge in [-0.2, -0.15) is 0 Å². The average Bonchev–Trinajstić information content (AvgIpc) is 3.33. The standard InChI is InChI=1S/C24H36Cl2N4O2/c1-3-28(4-2)12-11-27-23(31)22(18-7-5-6-8-18)29-13-15-30(16-14-29)24(32)19-9-10-20(25)21(26)17-19/h9-10,17-18,22H,3-8,11-16H2,1-2H3,(H,27,31)/t22-/m0/s1. The highest BCUT2D eigenvalue weighted by Crippen LogP contribution is 2.31. The molecule has 6 nitrogen and oxygen atoms in total. The molecule has 1 N–H and O–H groups in total. The molecule has 1 saturated carbocycles. The van der Waals surface area contributed by atoms with Crippen LogP contribution in [0.2, 0.25) is 10.0 Å². The van der Waals surface area contributed by atoms with Gasteiger partial charge in [0.05, 0.1) is 16.1 Å². The van der Waals surface area contributed by atoms with Crippen LogP contribution in [0.3, 0.4) is 0 Å². The van der Waals surface area contributed by atoms with Crippen molar-refractivity contribution in [2.75, 3.05) is 52.4 Å². The fourth-order valence-electron chi connectivity index (χ4n) is 4.95. The fourth-order valence-corrected chi connectivity index (χ4v) is 5.25. The Kier molecular flexibility index (Phi) is 9.65. The van der Waals surface area contributed by atoms with E-state index in [9.17, 15) is 9.59 Å². The number of likely N-dealkylation sites (N-methyl/N-ethyl adjacent to an activating group) is 1. The van der Waals surface area contributed by atoms with Gasteiger partial charge in [-0.1, -0.05) is 49.9 Å². The first kappa shape index (κ1) is 25.3. The summed E-state index contributed by atoms with van der Waals surface area (Å²) in [6.45, 7) is 10.5. The van der Waals surface area contributed by atoms with Gasteiger partial charge in [-0.05, 0) is 50.0 Å². The highest BCUT2D eigenvalue weighted by Gasteiger charge is 2.37. The van der Waals surface area contributed by atoms with Crippen LogP contribution in [0.4, 0.5) is 0 Å². The molecule has 178 valence electrons. The van der Waals surface area contributed by atoms with Crippen molar-refractivity contribution in [2.45, 2.75) is 45.6 Å². The summed E-state index contributed by atoms with van der Waals surface area (Å²) in [5.41, 5.74) is 0.550. The first-order valence-electron chi connectivity index (χ1n) is 11.9. The average molecular weight is 483 g/mol. The van der Waals surface area contributed by atoms with Crippen molar-refractivity contribution in [3.8, 4) is 0 Å². The number of benzene rings is 1. The number of carbonyl (C=O) groups is 2. The zero-order valence-electron chi connectivity index (χ0n) is 19.3. The van der Waals surface area contributed by atoms with E-state index in [-0.39, 0.29) is 17.9 Å². The second-order valence-electron chi connectivity index (χ2n) is 8.76. The molecule has 1 aliphatic carbocycles. The first-order valence-corrected chi connectivity index (χ1v) is 12.7. The summed E-state index contributed by atoms with van der Waals surface area (Å²) in [5.74, 6) is 0.512. The lowest BCUT2D eigenvalue weighted by molar-refractivity contribution is -0.129. The third-order valence-corrected chi connectivity index (χ3v) is 7.64. The van der Waals surface area contributed by atoms with Gasteiger partial charge in [0.15, 0.2) is 0 Å². The molecule has 3 rings (SSSR count). The number of hydrogen-bond acceptors (Lipinski definition) is 4. The zero-order valence-corrected chi connectivity index (χ0v) is 20.8. The fraction of sp³-hybridized carbons (Fsp3) is 0.667. The van der Waals surface area contributed by atoms with Gasteiger partial charge < -0.3 is 15.1 Å². The molecule has 1 atom stereocenters. The Morgan fingerprint density at radius 2 is 1.72 bits per heavy atom. The van der Waals surface area contributed by atoms with Crippen LogP contribution < -0.4 is 5.32 Å². The maximum Gasteiger partial charge on any atom is 0.253 e. The highest BCUT2D eigenvalue weighted by molar-refractivity contribution is 6.42. The van der Waals surface area contributed by atoms with E-state index in [2.05, 4.69) is 29.0 Å². The number of rotatable bonds is 9. The first-order chi connectivity index (χ1) is 15.4. The van der Waals surface area contributed by atoms with Gasteiger partial charge in [-0.3, -0.25) is 14.5 Å². The van der Waals surface area contributed by atoms with Crippen LogP contribution in [0.25, 0.3) is 0 Å². The minimum Gasteiger partial charge on any atom is -0.353 e. The van der Waals surface area contributed by atoms with Crippen molar-refractivity contribution in [3.63, 3.8) is 0 Å². The molecule has 1 saturated heterocycles. The van der Waals surface area contributed by atoms with Crippen molar-refractivity contribution in [3.05, 3.63) is 33.8 Å². The van der Waals surface area contributed by atoms with Gasteiger partial charge in [0.2, 0.25) is 5.91 Å². The van der Waals surface area contributed by atoms with Crippen LogP contribution in [-0.2, 0) is 4.79 Å². The zero-order chi connectivity index (χ0) is 23.1. The lowest BCUT2D eigenvalue weighted by atomic mass is 9.95. The Balaban J connectivity index is 1.59. The molecule has 0 bridgehead atoms. The van der Waals surface area contributed by atoms with Crippen molar-refractivity contribution >= 4 is 35.0 Å². The Hall–Kier alpha value is -1.34. The summed E-state index contributed by atoms with van der Waals surface area (Å²) in [6, 6.07) is 4.90. The molecule has 2 amide bonds. The summed E-state index contributed by atoms with van der Waals surface area (Å²) in [5, 5.41) is 4.03. The number of nitrogens with zero attached hydrogens (tertiary/aromatic N) is 3. The summed E-state index contributed by atoms with van der Waals surface area (Å²) in [4.78, 5) is 32.6. The summed E-state index contributed by atoms with van der Waals surface area (Å²) >= 11 is 12.1. The van der Waals surface area contributed by atoms with E-state index in [4.69, 9.17) is 23.2 Å². The Morgan fingerprint density at radius 1 is 1.06 bits per heavy atom. The molecule has 2 fully saturated rings. The van der Waals surface area contributed by atoms with Crippen LogP contribution in [0.5, 0.6) is 0 Å². The number of amides is 2. The molecule has 0 radical (unpaired) electrons. The molecule has 0 spiro atoms. The van der Waals surface area contributed by atoms with Crippen LogP contribution in [-0.4, -0.2) is 84.9 Å². The van der Waals surface area contributed by atoms with E-state index >= 15 is 0 Å². The molecule has 32 heavy (non-hydrogen) atoms. The molecule has 1 aromatic carbocycles. The van der Waals surface area contributed by atoms with Gasteiger partial charge in [-0.15, -0.1) is 0 Å². The number of halogens is 2. The van der Waals surface area contributed by atoms with E-state index < -0.39 is 0 Å². The number of nitrogens with one attached hydrogen (secondary N) is 1. The molecule has 1 aliphatic heterocycles. The number of hydrogen-bond donors (Lipinski definition) is 1. The van der Waals surface area contributed by atoms with Crippen LogP contribution in [0.15, 0.2) is 18.2 Å². The summed E-state index contributed by atoms with van der Waals surface area (Å²) in [7, 11) is 0. The van der Waals surface area contributed by atoms with Gasteiger partial charge in [0.25, 0.3) is 5.91 Å². The summed E-state index contributed by atoms with van der Waals surface area (Å²) < 4.78 is 0. The predicted molar refractivity (Wildman–Crippen MR) is 130 cm³/mol. The molecule has 1 heterocycles. The molecule has 8 heteroatoms. The van der Waals surface area contributed by atoms with Gasteiger partial charge in [0, 0.05) is 44.8 Å². The minimum absolute atomic E-state index is 0.0377. The molecule has 0 aromatic heterocycles. The van der Waals surface area contributed by atoms with Gasteiger partial charge in [0.1, 0.15) is 0 Å². The van der Waals surface area contributed by atoms with E-state index in [1.807, 2.05) is 4.90 Å². The lowest BCUT2D eigenvalue weighted by Crippen LogP contribution is -2.58. The Morgan fingerprint density at radius 3 is 2.31 bits per heavy atom. The minimum atomic E-state index is -0.101. The smallest absolute Gasteiger partial charge is 0.253 e. The maximum atomic E-state index is 13.2. The SMILES string of the molecule is CCN(CC)CCNC(=O)[C@H](C1CCCC1)N1CCN(C(=O)c2ccc(Cl)c(Cl)c2)CC1. The molecular weight excluding hydrogens is 447 g/mol. The van der Waals surface area contributed by atoms with Crippen molar-refractivity contribution < 1.29 is 9.59 Å². The molecular formula is C24H36Cl2N4O2. The van der Waals surface area contributed by atoms with Crippen LogP contribution in [0, 0.1) is 5.92 Å². The summed E-state index contributed by atoms with van der Waals surface area (Å²) in [6.07, 6.45) is 4.61. The van der Waals surface area contributed by atoms with Crippen molar-refractivity contribution in [2.24, 2.45) is 5.92 Å². The highest BCUT2D eigenvalue weighted by atomic mass is 35.5. The van der Waals surface area contributed by atoms with Gasteiger partial charge >= 0.3 is 0 Å². The van der Waals surface area contributed by atoms with Crippen LogP contribution >= 0.6 is 23.2 Å². The normalized spacial score (nSPS) is 18.8. The Bertz CT molecular complexity index is 773. The number of carbonyl (C=O) groups excluding carboxylic acids is 2. The molecule has 1 aromatic rings. The third-order valence-electron chi connectivity index (χ3n) is 6.90. The predicted octanol–water partition coefficient (Wildman–Crippen LogP) is 3.77. The van der Waals surface area contributed by atoms with E-state index in [1.54, 1.807) is 18.2 Å². The van der Waals surface area contributed by atoms with E-state index in [0.29, 0.717) is 54.3 Å². The number of piperazine rings is 1. The monoisotopic (exact) mass is 482 g/mol. The second-order valence-corrected chi connectivity index (χ2v) is 9.58. The molecule has 2 aliphatic rings. The quantitative estimate of drug-likeness (QED) is 0.581. The largest absolute Gasteiger partial charge is 0.353 e. The maximum absolute atomic E-state index is 13.2. The molecule has 0 unspecified atom stereocenters. The third kappa shape index (κ3) is 6.37. The van der Waals surface area contributed by atoms with Crippen molar-refractivity contribution in [1.82, 2.24) is 20.0 Å².